The van der Waals surface area contributed by atoms with Crippen molar-refractivity contribution in [1.29, 1.82) is 0 Å². The zero-order chi connectivity index (χ0) is 27.6. The van der Waals surface area contributed by atoms with Crippen LogP contribution in [0.5, 0.6) is 11.5 Å². The zero-order valence-corrected chi connectivity index (χ0v) is 26.2. The van der Waals surface area contributed by atoms with Crippen molar-refractivity contribution in [1.82, 2.24) is 4.57 Å². The van der Waals surface area contributed by atoms with Crippen molar-refractivity contribution < 1.29 is 23.8 Å². The minimum absolute atomic E-state index is 0.195. The maximum atomic E-state index is 13.9. The molecule has 4 rings (SSSR count). The average Bonchev–Trinajstić information content (AvgIpc) is 3.15. The Morgan fingerprint density at radius 3 is 2.47 bits per heavy atom. The number of halogens is 2. The van der Waals surface area contributed by atoms with E-state index >= 15 is 0 Å². The number of thiazole rings is 1. The van der Waals surface area contributed by atoms with E-state index in [1.54, 1.807) is 19.9 Å². The molecule has 2 aromatic carbocycles. The second-order valence-electron chi connectivity index (χ2n) is 8.20. The molecule has 0 saturated heterocycles. The highest BCUT2D eigenvalue weighted by atomic mass is 127. The molecule has 0 unspecified atom stereocenters. The van der Waals surface area contributed by atoms with Gasteiger partial charge in [-0.15, -0.1) is 0 Å². The van der Waals surface area contributed by atoms with Crippen LogP contribution >= 0.6 is 56.5 Å². The van der Waals surface area contributed by atoms with Gasteiger partial charge in [-0.05, 0) is 102 Å². The van der Waals surface area contributed by atoms with Crippen LogP contribution < -0.4 is 24.4 Å². The molecule has 3 aromatic rings. The molecule has 1 aliphatic rings. The fraction of sp³-hybridized carbons (Fsp3) is 0.259. The molecule has 2 heterocycles. The monoisotopic (exact) mass is 758 g/mol. The lowest BCUT2D eigenvalue weighted by atomic mass is 9.96. The van der Waals surface area contributed by atoms with E-state index in [0.717, 1.165) is 12.7 Å². The fourth-order valence-electron chi connectivity index (χ4n) is 4.10. The van der Waals surface area contributed by atoms with Crippen molar-refractivity contribution in [2.75, 3.05) is 13.2 Å². The summed E-state index contributed by atoms with van der Waals surface area (Å²) in [6, 6.07) is 10.3. The van der Waals surface area contributed by atoms with Crippen LogP contribution in [-0.2, 0) is 14.3 Å². The molecule has 0 fully saturated rings. The van der Waals surface area contributed by atoms with Gasteiger partial charge in [0.25, 0.3) is 5.56 Å². The summed E-state index contributed by atoms with van der Waals surface area (Å²) in [5.74, 6) is 0.0980. The Morgan fingerprint density at radius 1 is 1.13 bits per heavy atom. The van der Waals surface area contributed by atoms with Crippen molar-refractivity contribution in [3.8, 4) is 11.5 Å². The molecule has 38 heavy (non-hydrogen) atoms. The lowest BCUT2D eigenvalue weighted by molar-refractivity contribution is -0.139. The Bertz CT molecular complexity index is 1620. The van der Waals surface area contributed by atoms with E-state index in [2.05, 4.69) is 50.2 Å². The Hall–Kier alpha value is -2.52. The van der Waals surface area contributed by atoms with Gasteiger partial charge in [0.1, 0.15) is 5.75 Å². The van der Waals surface area contributed by atoms with Crippen LogP contribution in [0.2, 0.25) is 0 Å². The smallest absolute Gasteiger partial charge is 0.338 e. The van der Waals surface area contributed by atoms with Crippen LogP contribution in [0.4, 0.5) is 0 Å². The Labute approximate surface area is 250 Å². The van der Waals surface area contributed by atoms with Crippen molar-refractivity contribution in [3.63, 3.8) is 0 Å². The van der Waals surface area contributed by atoms with E-state index in [4.69, 9.17) is 14.2 Å². The van der Waals surface area contributed by atoms with Crippen molar-refractivity contribution >= 4 is 74.5 Å². The first-order valence-electron chi connectivity index (χ1n) is 11.7. The van der Waals surface area contributed by atoms with Gasteiger partial charge in [0.2, 0.25) is 0 Å². The first kappa shape index (κ1) is 28.5. The van der Waals surface area contributed by atoms with Crippen LogP contribution in [0, 0.1) is 7.14 Å². The quantitative estimate of drug-likeness (QED) is 0.203. The highest BCUT2D eigenvalue weighted by Crippen LogP contribution is 2.32. The predicted molar refractivity (Wildman–Crippen MR) is 161 cm³/mol. The Morgan fingerprint density at radius 2 is 1.84 bits per heavy atom. The van der Waals surface area contributed by atoms with E-state index < -0.39 is 18.0 Å². The number of fused-ring (bicyclic) bond motifs is 1. The average molecular weight is 758 g/mol. The molecule has 0 spiro atoms. The number of allylic oxidation sites excluding steroid dienone is 1. The number of nitrogens with zero attached hydrogens (tertiary/aromatic N) is 2. The maximum Gasteiger partial charge on any atom is 0.338 e. The summed E-state index contributed by atoms with van der Waals surface area (Å²) in [6.07, 6.45) is 1.70. The van der Waals surface area contributed by atoms with Gasteiger partial charge < -0.3 is 14.2 Å². The number of benzene rings is 2. The minimum Gasteiger partial charge on any atom is -0.494 e. The number of ether oxygens (including phenoxy) is 3. The standard InChI is InChI=1S/C27H24I2N2O6S/c1-5-35-19-9-7-16(8-10-19)23-22(26(34)36-6-2)14(3)30-27-31(23)25(33)21(38-27)12-17-11-18(28)13-20(29)24(17)37-15(4)32/h7-13,23H,5-6H2,1-4H3/b21-12-/t23-/m1/s1. The normalized spacial score (nSPS) is 15.1. The molecule has 0 amide bonds. The van der Waals surface area contributed by atoms with Crippen molar-refractivity contribution in [2.24, 2.45) is 4.99 Å². The fourth-order valence-corrected chi connectivity index (χ4v) is 7.14. The van der Waals surface area contributed by atoms with E-state index in [1.165, 1.54) is 22.8 Å². The third-order valence-corrected chi connectivity index (χ3v) is 8.00. The zero-order valence-electron chi connectivity index (χ0n) is 21.0. The number of carbonyl (C=O) groups excluding carboxylic acids is 2. The minimum atomic E-state index is -0.730. The molecular formula is C27H24I2N2O6S. The topological polar surface area (TPSA) is 96.2 Å². The van der Waals surface area contributed by atoms with Crippen LogP contribution in [0.3, 0.4) is 0 Å². The predicted octanol–water partition coefficient (Wildman–Crippen LogP) is 4.33. The number of hydrogen-bond donors (Lipinski definition) is 0. The molecule has 8 nitrogen and oxygen atoms in total. The lowest BCUT2D eigenvalue weighted by Gasteiger charge is -2.24. The van der Waals surface area contributed by atoms with Gasteiger partial charge in [0.15, 0.2) is 10.6 Å². The van der Waals surface area contributed by atoms with Crippen molar-refractivity contribution in [3.05, 3.63) is 85.6 Å². The van der Waals surface area contributed by atoms with E-state index in [-0.39, 0.29) is 12.2 Å². The highest BCUT2D eigenvalue weighted by molar-refractivity contribution is 14.1. The summed E-state index contributed by atoms with van der Waals surface area (Å²) in [4.78, 5) is 43.8. The molecule has 1 aliphatic heterocycles. The molecule has 0 bridgehead atoms. The summed E-state index contributed by atoms with van der Waals surface area (Å²) in [5, 5.41) is 0. The largest absolute Gasteiger partial charge is 0.494 e. The van der Waals surface area contributed by atoms with Gasteiger partial charge in [0, 0.05) is 16.1 Å². The summed E-state index contributed by atoms with van der Waals surface area (Å²) in [6.45, 7) is 7.43. The molecule has 198 valence electrons. The van der Waals surface area contributed by atoms with Gasteiger partial charge in [-0.25, -0.2) is 9.79 Å². The Kier molecular flexibility index (Phi) is 9.08. The number of aromatic nitrogens is 1. The first-order chi connectivity index (χ1) is 18.1. The van der Waals surface area contributed by atoms with Gasteiger partial charge >= 0.3 is 11.9 Å². The third kappa shape index (κ3) is 5.88. The number of carbonyl (C=O) groups is 2. The lowest BCUT2D eigenvalue weighted by Crippen LogP contribution is -2.39. The maximum absolute atomic E-state index is 13.9. The first-order valence-corrected chi connectivity index (χ1v) is 14.7. The highest BCUT2D eigenvalue weighted by Gasteiger charge is 2.33. The summed E-state index contributed by atoms with van der Waals surface area (Å²) in [7, 11) is 0. The molecule has 1 atom stereocenters. The van der Waals surface area contributed by atoms with Gasteiger partial charge in [-0.3, -0.25) is 14.2 Å². The van der Waals surface area contributed by atoms with Gasteiger partial charge in [0.05, 0.1) is 38.6 Å². The molecule has 1 aromatic heterocycles. The number of rotatable bonds is 7. The van der Waals surface area contributed by atoms with Crippen LogP contribution in [0.15, 0.2) is 57.5 Å². The number of hydrogen-bond acceptors (Lipinski definition) is 8. The van der Waals surface area contributed by atoms with E-state index in [0.29, 0.717) is 44.3 Å². The SMILES string of the molecule is CCOC(=O)C1=C(C)N=c2s/c(=C\c3cc(I)cc(I)c3OC(C)=O)c(=O)n2[C@@H]1c1ccc(OCC)cc1. The van der Waals surface area contributed by atoms with E-state index in [9.17, 15) is 14.4 Å². The molecule has 0 N–H and O–H groups in total. The number of esters is 2. The molecule has 0 aliphatic carbocycles. The second kappa shape index (κ2) is 12.1. The van der Waals surface area contributed by atoms with Gasteiger partial charge in [-0.2, -0.15) is 0 Å². The third-order valence-electron chi connectivity index (χ3n) is 5.59. The molecule has 0 radical (unpaired) electrons. The van der Waals surface area contributed by atoms with E-state index in [1.807, 2.05) is 43.3 Å². The molecular weight excluding hydrogens is 734 g/mol. The van der Waals surface area contributed by atoms with Crippen LogP contribution in [0.25, 0.3) is 6.08 Å². The summed E-state index contributed by atoms with van der Waals surface area (Å²) >= 11 is 5.49. The molecule has 0 saturated carbocycles. The molecule has 11 heteroatoms. The van der Waals surface area contributed by atoms with Gasteiger partial charge in [-0.1, -0.05) is 23.5 Å². The Balaban J connectivity index is 1.95. The van der Waals surface area contributed by atoms with Crippen molar-refractivity contribution in [2.45, 2.75) is 33.7 Å². The van der Waals surface area contributed by atoms with Crippen LogP contribution in [0.1, 0.15) is 44.9 Å². The van der Waals surface area contributed by atoms with Crippen LogP contribution in [-0.4, -0.2) is 29.7 Å². The summed E-state index contributed by atoms with van der Waals surface area (Å²) in [5.41, 5.74) is 1.80. The summed E-state index contributed by atoms with van der Waals surface area (Å²) < 4.78 is 20.0. The second-order valence-corrected chi connectivity index (χ2v) is 11.6.